The number of hydrogen-bond acceptors (Lipinski definition) is 3. The fourth-order valence-corrected chi connectivity index (χ4v) is 8.81. The molecule has 5 heteroatoms. The molecule has 260 valence electrons. The number of benzene rings is 5. The zero-order valence-electron chi connectivity index (χ0n) is 30.8. The Hall–Kier alpha value is -6.72. The summed E-state index contributed by atoms with van der Waals surface area (Å²) in [5, 5.41) is 4.43. The van der Waals surface area contributed by atoms with Gasteiger partial charge in [0.05, 0.1) is 27.9 Å². The van der Waals surface area contributed by atoms with Crippen molar-refractivity contribution in [2.75, 3.05) is 0 Å². The second-order valence-electron chi connectivity index (χ2n) is 14.7. The first kappa shape index (κ1) is 32.0. The van der Waals surface area contributed by atoms with Crippen LogP contribution in [0.4, 0.5) is 0 Å². The van der Waals surface area contributed by atoms with Crippen LogP contribution in [0.2, 0.25) is 0 Å². The first-order valence-electron chi connectivity index (χ1n) is 18.4. The maximum absolute atomic E-state index is 6.53. The summed E-state index contributed by atoms with van der Waals surface area (Å²) in [6.45, 7) is 16.9. The lowest BCUT2D eigenvalue weighted by Crippen LogP contribution is -2.26. The number of furan rings is 1. The number of para-hydroxylation sites is 3. The van der Waals surface area contributed by atoms with Crippen molar-refractivity contribution in [2.45, 2.75) is 33.1 Å². The third-order valence-electron chi connectivity index (χ3n) is 11.4. The number of aromatic nitrogens is 4. The number of nitrogens with zero attached hydrogens (tertiary/aromatic N) is 4. The number of rotatable bonds is 6. The minimum Gasteiger partial charge on any atom is -0.454 e. The molecule has 1 aliphatic heterocycles. The Balaban J connectivity index is 1.19. The molecule has 5 aromatic carbocycles. The summed E-state index contributed by atoms with van der Waals surface area (Å²) >= 11 is 0. The van der Waals surface area contributed by atoms with E-state index in [1.54, 1.807) is 6.08 Å². The molecule has 0 amide bonds. The van der Waals surface area contributed by atoms with Crippen molar-refractivity contribution < 1.29 is 4.42 Å². The zero-order valence-corrected chi connectivity index (χ0v) is 30.8. The molecule has 1 aliphatic rings. The van der Waals surface area contributed by atoms with Crippen LogP contribution in [-0.2, 0) is 5.41 Å². The van der Waals surface area contributed by atoms with Crippen LogP contribution in [0.25, 0.3) is 94.9 Å². The summed E-state index contributed by atoms with van der Waals surface area (Å²) in [5.41, 5.74) is 15.7. The smallest absolute Gasteiger partial charge is 0.161 e. The van der Waals surface area contributed by atoms with Crippen molar-refractivity contribution >= 4 is 66.6 Å². The van der Waals surface area contributed by atoms with E-state index in [4.69, 9.17) is 14.4 Å². The third kappa shape index (κ3) is 4.32. The Labute approximate surface area is 313 Å². The summed E-state index contributed by atoms with van der Waals surface area (Å²) in [6, 6.07) is 36.6. The molecular formula is C49H38N4O. The highest BCUT2D eigenvalue weighted by Crippen LogP contribution is 2.50. The van der Waals surface area contributed by atoms with Crippen LogP contribution < -0.4 is 0 Å². The van der Waals surface area contributed by atoms with Crippen LogP contribution >= 0.6 is 0 Å². The maximum Gasteiger partial charge on any atom is 0.161 e. The van der Waals surface area contributed by atoms with Gasteiger partial charge < -0.3 is 13.6 Å². The molecule has 0 saturated carbocycles. The molecule has 10 rings (SSSR count). The molecular weight excluding hydrogens is 661 g/mol. The van der Waals surface area contributed by atoms with Gasteiger partial charge in [-0.2, -0.15) is 0 Å². The average molecular weight is 699 g/mol. The molecule has 0 N–H and O–H groups in total. The van der Waals surface area contributed by atoms with Crippen LogP contribution in [-0.4, -0.2) is 19.1 Å². The Bertz CT molecular complexity index is 3140. The van der Waals surface area contributed by atoms with E-state index in [0.29, 0.717) is 5.82 Å². The summed E-state index contributed by atoms with van der Waals surface area (Å²) < 4.78 is 11.2. The lowest BCUT2D eigenvalue weighted by Gasteiger charge is -2.35. The van der Waals surface area contributed by atoms with E-state index in [-0.39, 0.29) is 5.41 Å². The molecule has 0 bridgehead atoms. The van der Waals surface area contributed by atoms with Gasteiger partial charge in [-0.1, -0.05) is 87.7 Å². The zero-order chi connectivity index (χ0) is 36.9. The van der Waals surface area contributed by atoms with Gasteiger partial charge in [-0.3, -0.25) is 0 Å². The van der Waals surface area contributed by atoms with Crippen molar-refractivity contribution in [1.29, 1.82) is 0 Å². The minimum absolute atomic E-state index is 0.281. The molecule has 0 saturated heterocycles. The first-order valence-corrected chi connectivity index (χ1v) is 18.4. The number of hydrogen-bond donors (Lipinski definition) is 0. The predicted octanol–water partition coefficient (Wildman–Crippen LogP) is 13.0. The molecule has 0 radical (unpaired) electrons. The summed E-state index contributed by atoms with van der Waals surface area (Å²) in [6.07, 6.45) is 9.91. The van der Waals surface area contributed by atoms with Crippen LogP contribution in [0.15, 0.2) is 145 Å². The van der Waals surface area contributed by atoms with Crippen molar-refractivity contribution in [1.82, 2.24) is 19.1 Å². The van der Waals surface area contributed by atoms with Gasteiger partial charge in [0.15, 0.2) is 11.4 Å². The Kier molecular flexibility index (Phi) is 6.89. The topological polar surface area (TPSA) is 48.8 Å². The van der Waals surface area contributed by atoms with Crippen LogP contribution in [0.3, 0.4) is 0 Å². The normalized spacial score (nSPS) is 13.9. The van der Waals surface area contributed by atoms with Crippen molar-refractivity contribution in [3.8, 4) is 28.3 Å². The molecule has 0 aliphatic carbocycles. The maximum atomic E-state index is 6.53. The molecule has 4 aromatic heterocycles. The molecule has 0 unspecified atom stereocenters. The highest BCUT2D eigenvalue weighted by molar-refractivity contribution is 6.18. The predicted molar refractivity (Wildman–Crippen MR) is 226 cm³/mol. The van der Waals surface area contributed by atoms with Crippen molar-refractivity contribution in [3.05, 3.63) is 163 Å². The Morgan fingerprint density at radius 1 is 0.759 bits per heavy atom. The minimum atomic E-state index is -0.281. The summed E-state index contributed by atoms with van der Waals surface area (Å²) in [5.74, 6) is 0.699. The molecule has 0 spiro atoms. The highest BCUT2D eigenvalue weighted by atomic mass is 16.3. The van der Waals surface area contributed by atoms with Gasteiger partial charge in [-0.25, -0.2) is 9.97 Å². The Morgan fingerprint density at radius 2 is 1.54 bits per heavy atom. The van der Waals surface area contributed by atoms with Crippen LogP contribution in [0.5, 0.6) is 0 Å². The van der Waals surface area contributed by atoms with E-state index < -0.39 is 0 Å². The summed E-state index contributed by atoms with van der Waals surface area (Å²) in [4.78, 5) is 10.6. The average Bonchev–Trinajstić information content (AvgIpc) is 3.82. The number of fused-ring (bicyclic) bond motifs is 9. The molecule has 5 nitrogen and oxygen atoms in total. The van der Waals surface area contributed by atoms with E-state index in [0.717, 1.165) is 83.2 Å². The fraction of sp³-hybridized carbons (Fsp3) is 0.102. The van der Waals surface area contributed by atoms with E-state index in [9.17, 15) is 0 Å². The van der Waals surface area contributed by atoms with Gasteiger partial charge in [0, 0.05) is 49.5 Å². The van der Waals surface area contributed by atoms with E-state index in [1.807, 2.05) is 31.2 Å². The van der Waals surface area contributed by atoms with E-state index in [1.165, 1.54) is 22.2 Å². The monoisotopic (exact) mass is 698 g/mol. The van der Waals surface area contributed by atoms with Crippen LogP contribution in [0.1, 0.15) is 43.2 Å². The largest absolute Gasteiger partial charge is 0.454 e. The fourth-order valence-electron chi connectivity index (χ4n) is 8.81. The van der Waals surface area contributed by atoms with Crippen molar-refractivity contribution in [3.63, 3.8) is 0 Å². The first-order chi connectivity index (χ1) is 26.3. The standard InChI is InChI=1S/C49H38N4O/c1-7-15-32(9-3)52-40(16-8-2)29(4)36-27-30(23-25-41(36)52)44-33-17-10-12-21-39(33)50-48(51-44)31-24-26-42-38(28-31)49(5,6)37-20-14-19-35-45(37)53(42)46-34-18-11-13-22-43(34)54-47(35)46/h7-28H,1,3H2,2,4-6H3/b16-8-,32-15+. The van der Waals surface area contributed by atoms with E-state index in [2.05, 4.69) is 146 Å². The van der Waals surface area contributed by atoms with Gasteiger partial charge in [-0.05, 0) is 103 Å². The van der Waals surface area contributed by atoms with Gasteiger partial charge in [0.25, 0.3) is 0 Å². The number of allylic oxidation sites excluding steroid dienone is 5. The quantitative estimate of drug-likeness (QED) is 0.162. The molecule has 0 fully saturated rings. The van der Waals surface area contributed by atoms with Gasteiger partial charge in [0.1, 0.15) is 11.1 Å². The third-order valence-corrected chi connectivity index (χ3v) is 11.4. The second kappa shape index (κ2) is 11.6. The molecule has 5 heterocycles. The molecule has 54 heavy (non-hydrogen) atoms. The van der Waals surface area contributed by atoms with E-state index >= 15 is 0 Å². The Morgan fingerprint density at radius 3 is 2.35 bits per heavy atom. The lowest BCUT2D eigenvalue weighted by molar-refractivity contribution is 0.630. The highest BCUT2D eigenvalue weighted by Gasteiger charge is 2.37. The van der Waals surface area contributed by atoms with Gasteiger partial charge >= 0.3 is 0 Å². The van der Waals surface area contributed by atoms with Gasteiger partial charge in [0.2, 0.25) is 0 Å². The number of aryl methyl sites for hydroxylation is 1. The molecule has 9 aromatic rings. The lowest BCUT2D eigenvalue weighted by atomic mass is 9.74. The molecule has 0 atom stereocenters. The van der Waals surface area contributed by atoms with Gasteiger partial charge in [-0.15, -0.1) is 0 Å². The summed E-state index contributed by atoms with van der Waals surface area (Å²) in [7, 11) is 0. The SMILES string of the molecule is C=C/C=C(\C=C)n1c(/C=C\C)c(C)c2cc(-c3nc(-c4ccc5c(c4)C(C)(C)c4cccc6c7oc8ccccc8c7n-5c46)nc4ccccc34)ccc21. The van der Waals surface area contributed by atoms with Crippen molar-refractivity contribution in [2.24, 2.45) is 0 Å². The van der Waals surface area contributed by atoms with Crippen LogP contribution in [0, 0.1) is 6.92 Å². The second-order valence-corrected chi connectivity index (χ2v) is 14.7.